The van der Waals surface area contributed by atoms with Crippen molar-refractivity contribution in [3.8, 4) is 22.4 Å². The summed E-state index contributed by atoms with van der Waals surface area (Å²) < 4.78 is 16.2. The predicted octanol–water partition coefficient (Wildman–Crippen LogP) is 3.88. The molecule has 1 atom stereocenters. The lowest BCUT2D eigenvalue weighted by atomic mass is 10.2. The van der Waals surface area contributed by atoms with E-state index < -0.39 is 5.97 Å². The molecule has 0 bridgehead atoms. The van der Waals surface area contributed by atoms with Gasteiger partial charge in [0.2, 0.25) is 0 Å². The number of carbonyl (C=O) groups excluding carboxylic acids is 1. The molecule has 1 unspecified atom stereocenters. The van der Waals surface area contributed by atoms with Crippen LogP contribution in [0.1, 0.15) is 41.6 Å². The van der Waals surface area contributed by atoms with Crippen LogP contribution in [0.5, 0.6) is 0 Å². The molecule has 3 rings (SSSR count). The second-order valence-corrected chi connectivity index (χ2v) is 6.69. The van der Waals surface area contributed by atoms with Gasteiger partial charge in [0.15, 0.2) is 12.0 Å². The van der Waals surface area contributed by atoms with Gasteiger partial charge in [-0.15, -0.1) is 11.3 Å². The standard InChI is InChI=1S/C20H21NO4S/c1-2-23-20(22)18-16(11-8-14-25-17-12-6-7-13-24-17)26-19(21-18)15-9-4-3-5-10-15/h3-5,9-10,17H,2,6-7,12-14H2,1H3. The molecule has 6 heteroatoms. The van der Waals surface area contributed by atoms with Crippen molar-refractivity contribution in [1.29, 1.82) is 0 Å². The Morgan fingerprint density at radius 3 is 2.92 bits per heavy atom. The number of aromatic nitrogens is 1. The summed E-state index contributed by atoms with van der Waals surface area (Å²) in [6, 6.07) is 9.71. The molecule has 0 spiro atoms. The number of benzene rings is 1. The van der Waals surface area contributed by atoms with Crippen molar-refractivity contribution in [2.45, 2.75) is 32.5 Å². The van der Waals surface area contributed by atoms with Crippen LogP contribution in [0.2, 0.25) is 0 Å². The minimum Gasteiger partial charge on any atom is -0.461 e. The van der Waals surface area contributed by atoms with Crippen LogP contribution < -0.4 is 0 Å². The Balaban J connectivity index is 1.75. The average Bonchev–Trinajstić information content (AvgIpc) is 3.11. The van der Waals surface area contributed by atoms with Gasteiger partial charge in [-0.25, -0.2) is 9.78 Å². The summed E-state index contributed by atoms with van der Waals surface area (Å²) in [6.45, 7) is 3.06. The molecule has 136 valence electrons. The van der Waals surface area contributed by atoms with Gasteiger partial charge < -0.3 is 14.2 Å². The van der Waals surface area contributed by atoms with E-state index >= 15 is 0 Å². The smallest absolute Gasteiger partial charge is 0.359 e. The number of esters is 1. The third-order valence-electron chi connectivity index (χ3n) is 3.80. The highest BCUT2D eigenvalue weighted by atomic mass is 32.1. The largest absolute Gasteiger partial charge is 0.461 e. The third kappa shape index (κ3) is 4.92. The molecule has 2 heterocycles. The number of hydrogen-bond acceptors (Lipinski definition) is 6. The molecule has 0 radical (unpaired) electrons. The minimum atomic E-state index is -0.452. The van der Waals surface area contributed by atoms with E-state index in [4.69, 9.17) is 14.2 Å². The summed E-state index contributed by atoms with van der Waals surface area (Å²) in [4.78, 5) is 17.2. The number of carbonyl (C=O) groups is 1. The van der Waals surface area contributed by atoms with Crippen molar-refractivity contribution in [2.75, 3.05) is 19.8 Å². The van der Waals surface area contributed by atoms with Gasteiger partial charge in [0.25, 0.3) is 0 Å². The first-order chi connectivity index (χ1) is 12.8. The number of nitrogens with zero attached hydrogens (tertiary/aromatic N) is 1. The Morgan fingerprint density at radius 1 is 1.35 bits per heavy atom. The summed E-state index contributed by atoms with van der Waals surface area (Å²) in [7, 11) is 0. The van der Waals surface area contributed by atoms with Crippen molar-refractivity contribution in [1.82, 2.24) is 4.98 Å². The van der Waals surface area contributed by atoms with Crippen molar-refractivity contribution < 1.29 is 19.0 Å². The van der Waals surface area contributed by atoms with E-state index in [9.17, 15) is 4.79 Å². The highest BCUT2D eigenvalue weighted by molar-refractivity contribution is 7.15. The van der Waals surface area contributed by atoms with Gasteiger partial charge >= 0.3 is 5.97 Å². The molecule has 0 saturated carbocycles. The fourth-order valence-electron chi connectivity index (χ4n) is 2.54. The van der Waals surface area contributed by atoms with Crippen LogP contribution in [0, 0.1) is 11.8 Å². The molecule has 1 saturated heterocycles. The van der Waals surface area contributed by atoms with E-state index in [0.717, 1.165) is 36.4 Å². The van der Waals surface area contributed by atoms with E-state index in [1.165, 1.54) is 11.3 Å². The molecule has 1 aromatic heterocycles. The molecule has 1 aliphatic rings. The molecule has 0 aliphatic carbocycles. The highest BCUT2D eigenvalue weighted by Crippen LogP contribution is 2.28. The molecular weight excluding hydrogens is 350 g/mol. The van der Waals surface area contributed by atoms with Crippen molar-refractivity contribution in [3.05, 3.63) is 40.9 Å². The Kier molecular flexibility index (Phi) is 6.78. The Bertz CT molecular complexity index is 785. The van der Waals surface area contributed by atoms with E-state index in [0.29, 0.717) is 11.5 Å². The topological polar surface area (TPSA) is 57.7 Å². The zero-order valence-corrected chi connectivity index (χ0v) is 15.5. The molecule has 0 N–H and O–H groups in total. The van der Waals surface area contributed by atoms with Gasteiger partial charge in [-0.3, -0.25) is 0 Å². The van der Waals surface area contributed by atoms with E-state index in [2.05, 4.69) is 16.8 Å². The molecular formula is C20H21NO4S. The number of rotatable bonds is 5. The molecule has 26 heavy (non-hydrogen) atoms. The normalized spacial score (nSPS) is 16.6. The lowest BCUT2D eigenvalue weighted by Gasteiger charge is -2.21. The maximum Gasteiger partial charge on any atom is 0.359 e. The maximum absolute atomic E-state index is 12.2. The van der Waals surface area contributed by atoms with Gasteiger partial charge in [-0.2, -0.15) is 0 Å². The number of ether oxygens (including phenoxy) is 3. The van der Waals surface area contributed by atoms with Crippen molar-refractivity contribution in [3.63, 3.8) is 0 Å². The Hall–Kier alpha value is -2.20. The van der Waals surface area contributed by atoms with Crippen LogP contribution in [-0.2, 0) is 14.2 Å². The van der Waals surface area contributed by atoms with Crippen molar-refractivity contribution in [2.24, 2.45) is 0 Å². The third-order valence-corrected chi connectivity index (χ3v) is 4.82. The first kappa shape index (κ1) is 18.6. The monoisotopic (exact) mass is 371 g/mol. The molecule has 5 nitrogen and oxygen atoms in total. The second-order valence-electron chi connectivity index (χ2n) is 5.69. The molecule has 0 amide bonds. The summed E-state index contributed by atoms with van der Waals surface area (Å²) in [5.74, 6) is 5.52. The van der Waals surface area contributed by atoms with Crippen LogP contribution in [0.15, 0.2) is 30.3 Å². The Morgan fingerprint density at radius 2 is 2.19 bits per heavy atom. The SMILES string of the molecule is CCOC(=O)c1nc(-c2ccccc2)sc1C#CCOC1CCCCO1. The Labute approximate surface area is 157 Å². The fourth-order valence-corrected chi connectivity index (χ4v) is 3.47. The van der Waals surface area contributed by atoms with Gasteiger partial charge in [0.05, 0.1) is 6.61 Å². The molecule has 1 aliphatic heterocycles. The van der Waals surface area contributed by atoms with Crippen LogP contribution in [0.3, 0.4) is 0 Å². The summed E-state index contributed by atoms with van der Waals surface area (Å²) in [5, 5.41) is 0.745. The first-order valence-electron chi connectivity index (χ1n) is 8.73. The molecule has 1 fully saturated rings. The van der Waals surface area contributed by atoms with Gasteiger partial charge in [-0.05, 0) is 26.2 Å². The van der Waals surface area contributed by atoms with E-state index in [1.54, 1.807) is 6.92 Å². The summed E-state index contributed by atoms with van der Waals surface area (Å²) in [6.07, 6.45) is 2.91. The lowest BCUT2D eigenvalue weighted by Crippen LogP contribution is -2.22. The van der Waals surface area contributed by atoms with Crippen LogP contribution in [0.25, 0.3) is 10.6 Å². The minimum absolute atomic E-state index is 0.177. The van der Waals surface area contributed by atoms with Gasteiger partial charge in [-0.1, -0.05) is 42.2 Å². The van der Waals surface area contributed by atoms with Crippen LogP contribution in [-0.4, -0.2) is 37.1 Å². The predicted molar refractivity (Wildman–Crippen MR) is 99.9 cm³/mol. The fraction of sp³-hybridized carbons (Fsp3) is 0.400. The maximum atomic E-state index is 12.2. The quantitative estimate of drug-likeness (QED) is 0.590. The zero-order valence-electron chi connectivity index (χ0n) is 14.7. The van der Waals surface area contributed by atoms with Gasteiger partial charge in [0, 0.05) is 12.2 Å². The summed E-state index contributed by atoms with van der Waals surface area (Å²) >= 11 is 1.38. The van der Waals surface area contributed by atoms with Crippen LogP contribution in [0.4, 0.5) is 0 Å². The summed E-state index contributed by atoms with van der Waals surface area (Å²) in [5.41, 5.74) is 1.21. The molecule has 2 aromatic rings. The molecule has 1 aromatic carbocycles. The lowest BCUT2D eigenvalue weighted by molar-refractivity contribution is -0.154. The zero-order chi connectivity index (χ0) is 18.2. The van der Waals surface area contributed by atoms with Crippen LogP contribution >= 0.6 is 11.3 Å². The second kappa shape index (κ2) is 9.48. The first-order valence-corrected chi connectivity index (χ1v) is 9.55. The average molecular weight is 371 g/mol. The highest BCUT2D eigenvalue weighted by Gasteiger charge is 2.19. The van der Waals surface area contributed by atoms with E-state index in [1.807, 2.05) is 30.3 Å². The van der Waals surface area contributed by atoms with E-state index in [-0.39, 0.29) is 18.6 Å². The number of hydrogen-bond donors (Lipinski definition) is 0. The van der Waals surface area contributed by atoms with Crippen molar-refractivity contribution >= 4 is 17.3 Å². The number of thiazole rings is 1. The van der Waals surface area contributed by atoms with Gasteiger partial charge in [0.1, 0.15) is 16.5 Å².